The van der Waals surface area contributed by atoms with Crippen molar-refractivity contribution in [2.45, 2.75) is 0 Å². The van der Waals surface area contributed by atoms with E-state index in [1.807, 2.05) is 30.1 Å². The minimum atomic E-state index is 0.939. The minimum Gasteiger partial charge on any atom is -0.368 e. The third-order valence-corrected chi connectivity index (χ3v) is 4.17. The Hall–Kier alpha value is -0.260. The van der Waals surface area contributed by atoms with Crippen LogP contribution in [0.25, 0.3) is 0 Å². The first-order valence-corrected chi connectivity index (χ1v) is 7.45. The van der Waals surface area contributed by atoms with Gasteiger partial charge in [-0.2, -0.15) is 11.8 Å². The molecule has 0 atom stereocenters. The van der Waals surface area contributed by atoms with Crippen molar-refractivity contribution in [1.82, 2.24) is 9.88 Å². The van der Waals surface area contributed by atoms with Gasteiger partial charge in [-0.3, -0.25) is 4.90 Å². The first-order valence-electron chi connectivity index (χ1n) is 5.51. The van der Waals surface area contributed by atoms with Crippen molar-refractivity contribution < 1.29 is 0 Å². The van der Waals surface area contributed by atoms with Crippen molar-refractivity contribution >= 4 is 33.5 Å². The summed E-state index contributed by atoms with van der Waals surface area (Å²) in [6, 6.07) is 3.93. The lowest BCUT2D eigenvalue weighted by Crippen LogP contribution is -2.36. The maximum atomic E-state index is 4.28. The number of nitrogens with zero attached hydrogens (tertiary/aromatic N) is 2. The van der Waals surface area contributed by atoms with Crippen molar-refractivity contribution in [1.29, 1.82) is 0 Å². The molecule has 1 saturated heterocycles. The van der Waals surface area contributed by atoms with Gasteiger partial charge in [0.2, 0.25) is 0 Å². The Kier molecular flexibility index (Phi) is 4.93. The monoisotopic (exact) mass is 301 g/mol. The molecule has 0 amide bonds. The molecule has 3 nitrogen and oxygen atoms in total. The molecule has 88 valence electrons. The Morgan fingerprint density at radius 3 is 3.00 bits per heavy atom. The lowest BCUT2D eigenvalue weighted by molar-refractivity contribution is 0.314. The number of hydrogen-bond acceptors (Lipinski definition) is 4. The fourth-order valence-corrected chi connectivity index (χ4v) is 3.05. The van der Waals surface area contributed by atoms with Gasteiger partial charge >= 0.3 is 0 Å². The molecule has 0 aromatic carbocycles. The Balaban J connectivity index is 1.73. The molecule has 16 heavy (non-hydrogen) atoms. The number of thioether (sulfide) groups is 1. The van der Waals surface area contributed by atoms with Crippen LogP contribution < -0.4 is 5.32 Å². The average molecular weight is 302 g/mol. The Labute approximate surface area is 109 Å². The van der Waals surface area contributed by atoms with E-state index in [0.29, 0.717) is 0 Å². The molecule has 0 aliphatic carbocycles. The lowest BCUT2D eigenvalue weighted by atomic mass is 10.4. The topological polar surface area (TPSA) is 28.2 Å². The van der Waals surface area contributed by atoms with E-state index < -0.39 is 0 Å². The Morgan fingerprint density at radius 1 is 1.44 bits per heavy atom. The summed E-state index contributed by atoms with van der Waals surface area (Å²) in [5.74, 6) is 3.48. The number of hydrogen-bond donors (Lipinski definition) is 1. The summed E-state index contributed by atoms with van der Waals surface area (Å²) in [5.41, 5.74) is 0. The fraction of sp³-hybridized carbons (Fsp3) is 0.545. The second kappa shape index (κ2) is 6.47. The molecule has 0 saturated carbocycles. The molecule has 1 aromatic rings. The molecule has 1 aliphatic rings. The van der Waals surface area contributed by atoms with Crippen molar-refractivity contribution in [3.63, 3.8) is 0 Å². The number of pyridine rings is 1. The highest BCUT2D eigenvalue weighted by Crippen LogP contribution is 2.17. The highest BCUT2D eigenvalue weighted by molar-refractivity contribution is 9.10. The normalized spacial score (nSPS) is 17.3. The smallest absolute Gasteiger partial charge is 0.140 e. The fourth-order valence-electron chi connectivity index (χ4n) is 1.67. The van der Waals surface area contributed by atoms with Crippen LogP contribution in [0.5, 0.6) is 0 Å². The average Bonchev–Trinajstić information content (AvgIpc) is 2.33. The SMILES string of the molecule is Brc1cccnc1NCCN1CCSCC1. The van der Waals surface area contributed by atoms with Crippen LogP contribution in [0.4, 0.5) is 5.82 Å². The van der Waals surface area contributed by atoms with E-state index in [9.17, 15) is 0 Å². The Morgan fingerprint density at radius 2 is 2.25 bits per heavy atom. The van der Waals surface area contributed by atoms with Crippen molar-refractivity contribution in [2.75, 3.05) is 43.0 Å². The van der Waals surface area contributed by atoms with Gasteiger partial charge < -0.3 is 5.32 Å². The minimum absolute atomic E-state index is 0.939. The first kappa shape index (κ1) is 12.2. The summed E-state index contributed by atoms with van der Waals surface area (Å²) in [7, 11) is 0. The second-order valence-corrected chi connectivity index (χ2v) is 5.79. The molecule has 1 fully saturated rings. The summed E-state index contributed by atoms with van der Waals surface area (Å²) in [5, 5.41) is 3.35. The number of anilines is 1. The predicted molar refractivity (Wildman–Crippen MR) is 74.2 cm³/mol. The van der Waals surface area contributed by atoms with E-state index in [0.717, 1.165) is 23.4 Å². The van der Waals surface area contributed by atoms with Gasteiger partial charge in [-0.05, 0) is 28.1 Å². The van der Waals surface area contributed by atoms with Crippen LogP contribution in [-0.2, 0) is 0 Å². The van der Waals surface area contributed by atoms with Gasteiger partial charge in [0.25, 0.3) is 0 Å². The second-order valence-electron chi connectivity index (χ2n) is 3.71. The van der Waals surface area contributed by atoms with Crippen molar-refractivity contribution in [3.05, 3.63) is 22.8 Å². The van der Waals surface area contributed by atoms with Crippen LogP contribution in [-0.4, -0.2) is 47.6 Å². The number of nitrogens with one attached hydrogen (secondary N) is 1. The van der Waals surface area contributed by atoms with Crippen LogP contribution in [0.3, 0.4) is 0 Å². The summed E-state index contributed by atoms with van der Waals surface area (Å²) in [6.07, 6.45) is 1.81. The van der Waals surface area contributed by atoms with Crippen LogP contribution >= 0.6 is 27.7 Å². The zero-order valence-electron chi connectivity index (χ0n) is 9.16. The van der Waals surface area contributed by atoms with Gasteiger partial charge in [-0.1, -0.05) is 0 Å². The third-order valence-electron chi connectivity index (χ3n) is 2.58. The molecular weight excluding hydrogens is 286 g/mol. The van der Waals surface area contributed by atoms with E-state index in [1.54, 1.807) is 0 Å². The van der Waals surface area contributed by atoms with Gasteiger partial charge in [0.05, 0.1) is 4.47 Å². The van der Waals surface area contributed by atoms with Crippen molar-refractivity contribution in [3.8, 4) is 0 Å². The molecule has 1 aromatic heterocycles. The number of halogens is 1. The molecule has 0 unspecified atom stereocenters. The summed E-state index contributed by atoms with van der Waals surface area (Å²) in [4.78, 5) is 6.78. The van der Waals surface area contributed by atoms with Gasteiger partial charge in [-0.15, -0.1) is 0 Å². The molecule has 0 radical (unpaired) electrons. The summed E-state index contributed by atoms with van der Waals surface area (Å²) < 4.78 is 1.03. The van der Waals surface area contributed by atoms with E-state index in [4.69, 9.17) is 0 Å². The van der Waals surface area contributed by atoms with Gasteiger partial charge in [0.15, 0.2) is 0 Å². The zero-order chi connectivity index (χ0) is 11.2. The summed E-state index contributed by atoms with van der Waals surface area (Å²) in [6.45, 7) is 4.50. The third kappa shape index (κ3) is 3.64. The Bertz CT molecular complexity index is 329. The van der Waals surface area contributed by atoms with Gasteiger partial charge in [0, 0.05) is 43.9 Å². The zero-order valence-corrected chi connectivity index (χ0v) is 11.6. The maximum Gasteiger partial charge on any atom is 0.140 e. The molecule has 1 N–H and O–H groups in total. The summed E-state index contributed by atoms with van der Waals surface area (Å²) >= 11 is 5.53. The van der Waals surface area contributed by atoms with E-state index >= 15 is 0 Å². The first-order chi connectivity index (χ1) is 7.86. The molecule has 0 bridgehead atoms. The van der Waals surface area contributed by atoms with Gasteiger partial charge in [0.1, 0.15) is 5.82 Å². The lowest BCUT2D eigenvalue weighted by Gasteiger charge is -2.26. The van der Waals surface area contributed by atoms with Gasteiger partial charge in [-0.25, -0.2) is 4.98 Å². The molecular formula is C11H16BrN3S. The van der Waals surface area contributed by atoms with Crippen LogP contribution in [0.2, 0.25) is 0 Å². The molecule has 1 aliphatic heterocycles. The number of rotatable bonds is 4. The molecule has 2 rings (SSSR count). The largest absolute Gasteiger partial charge is 0.368 e. The molecule has 0 spiro atoms. The van der Waals surface area contributed by atoms with E-state index in [1.165, 1.54) is 24.6 Å². The standard InChI is InChI=1S/C11H16BrN3S/c12-10-2-1-3-13-11(10)14-4-5-15-6-8-16-9-7-15/h1-3H,4-9H2,(H,13,14). The highest BCUT2D eigenvalue weighted by atomic mass is 79.9. The maximum absolute atomic E-state index is 4.28. The van der Waals surface area contributed by atoms with Crippen molar-refractivity contribution in [2.24, 2.45) is 0 Å². The van der Waals surface area contributed by atoms with Crippen LogP contribution in [0.15, 0.2) is 22.8 Å². The highest BCUT2D eigenvalue weighted by Gasteiger charge is 2.09. The van der Waals surface area contributed by atoms with E-state index in [2.05, 4.69) is 31.1 Å². The number of aromatic nitrogens is 1. The quantitative estimate of drug-likeness (QED) is 0.924. The molecule has 5 heteroatoms. The predicted octanol–water partition coefficient (Wildman–Crippen LogP) is 2.30. The molecule has 2 heterocycles. The van der Waals surface area contributed by atoms with E-state index in [-0.39, 0.29) is 0 Å². The van der Waals surface area contributed by atoms with Crippen LogP contribution in [0.1, 0.15) is 0 Å². The van der Waals surface area contributed by atoms with Crippen LogP contribution in [0, 0.1) is 0 Å².